The first-order chi connectivity index (χ1) is 8.41. The summed E-state index contributed by atoms with van der Waals surface area (Å²) in [5, 5.41) is 0. The van der Waals surface area contributed by atoms with Crippen LogP contribution >= 0.6 is 0 Å². The Labute approximate surface area is 112 Å². The minimum atomic E-state index is 0.148. The van der Waals surface area contributed by atoms with E-state index in [2.05, 4.69) is 34.6 Å². The summed E-state index contributed by atoms with van der Waals surface area (Å²) in [7, 11) is 0. The molecule has 0 amide bonds. The molecule has 4 N–H and O–H groups in total. The molecule has 1 rings (SSSR count). The van der Waals surface area contributed by atoms with Gasteiger partial charge in [0.15, 0.2) is 0 Å². The molecule has 0 radical (unpaired) electrons. The fourth-order valence-electron chi connectivity index (χ4n) is 2.74. The number of benzene rings is 1. The number of unbranched alkanes of at least 4 members (excludes halogenated alkanes) is 1. The third kappa shape index (κ3) is 2.93. The van der Waals surface area contributed by atoms with Gasteiger partial charge in [-0.15, -0.1) is 0 Å². The Balaban J connectivity index is 3.08. The van der Waals surface area contributed by atoms with Crippen LogP contribution in [0.2, 0.25) is 0 Å². The minimum absolute atomic E-state index is 0.148. The summed E-state index contributed by atoms with van der Waals surface area (Å²) in [5.41, 5.74) is 20.2. The maximum Gasteiger partial charge on any atom is 0.0300 e. The third-order valence-electron chi connectivity index (χ3n) is 4.40. The largest absolute Gasteiger partial charge is 0.330 e. The van der Waals surface area contributed by atoms with Crippen molar-refractivity contribution < 1.29 is 0 Å². The lowest BCUT2D eigenvalue weighted by atomic mass is 9.85. The first kappa shape index (κ1) is 15.2. The number of rotatable bonds is 5. The summed E-state index contributed by atoms with van der Waals surface area (Å²) in [6, 6.07) is 0.148. The highest BCUT2D eigenvalue weighted by molar-refractivity contribution is 5.50. The number of hydrogen-bond acceptors (Lipinski definition) is 2. The summed E-state index contributed by atoms with van der Waals surface area (Å²) in [6.07, 6.45) is 3.21. The van der Waals surface area contributed by atoms with Crippen molar-refractivity contribution in [1.82, 2.24) is 0 Å². The van der Waals surface area contributed by atoms with Crippen LogP contribution in [0.25, 0.3) is 0 Å². The SMILES string of the molecule is Cc1c(C)c(C)c([C@@H](N)CCCCN)c(C)c1C. The molecule has 0 aliphatic heterocycles. The molecule has 1 aromatic carbocycles. The molecule has 18 heavy (non-hydrogen) atoms. The molecular weight excluding hydrogens is 220 g/mol. The molecule has 2 heteroatoms. The lowest BCUT2D eigenvalue weighted by Crippen LogP contribution is -2.16. The van der Waals surface area contributed by atoms with Crippen molar-refractivity contribution in [2.45, 2.75) is 59.9 Å². The molecule has 1 atom stereocenters. The fourth-order valence-corrected chi connectivity index (χ4v) is 2.74. The van der Waals surface area contributed by atoms with E-state index in [1.54, 1.807) is 0 Å². The van der Waals surface area contributed by atoms with E-state index in [1.165, 1.54) is 33.4 Å². The van der Waals surface area contributed by atoms with Gasteiger partial charge < -0.3 is 11.5 Å². The summed E-state index contributed by atoms with van der Waals surface area (Å²) in [6.45, 7) is 11.8. The highest BCUT2D eigenvalue weighted by Crippen LogP contribution is 2.31. The standard InChI is InChI=1S/C16H28N2/c1-10-11(2)13(4)16(14(5)12(10)3)15(18)8-6-7-9-17/h15H,6-9,17-18H2,1-5H3/t15-/m0/s1. The Bertz CT molecular complexity index is 393. The van der Waals surface area contributed by atoms with Crippen molar-refractivity contribution >= 4 is 0 Å². The first-order valence-electron chi connectivity index (χ1n) is 6.94. The predicted octanol–water partition coefficient (Wildman–Crippen LogP) is 3.36. The van der Waals surface area contributed by atoms with Gasteiger partial charge >= 0.3 is 0 Å². The van der Waals surface area contributed by atoms with Crippen LogP contribution in [0.15, 0.2) is 0 Å². The third-order valence-corrected chi connectivity index (χ3v) is 4.40. The summed E-state index contributed by atoms with van der Waals surface area (Å²) < 4.78 is 0. The second-order valence-electron chi connectivity index (χ2n) is 5.43. The van der Waals surface area contributed by atoms with Crippen molar-refractivity contribution in [2.75, 3.05) is 6.54 Å². The Kier molecular flexibility index (Phi) is 5.36. The second-order valence-corrected chi connectivity index (χ2v) is 5.43. The number of nitrogens with two attached hydrogens (primary N) is 2. The van der Waals surface area contributed by atoms with Gasteiger partial charge in [0, 0.05) is 6.04 Å². The normalized spacial score (nSPS) is 12.8. The molecule has 0 aromatic heterocycles. The zero-order valence-electron chi connectivity index (χ0n) is 12.6. The van der Waals surface area contributed by atoms with E-state index >= 15 is 0 Å². The Morgan fingerprint density at radius 2 is 1.22 bits per heavy atom. The van der Waals surface area contributed by atoms with Gasteiger partial charge in [0.2, 0.25) is 0 Å². The van der Waals surface area contributed by atoms with Crippen molar-refractivity contribution in [3.8, 4) is 0 Å². The topological polar surface area (TPSA) is 52.0 Å². The zero-order chi connectivity index (χ0) is 13.9. The van der Waals surface area contributed by atoms with E-state index in [0.29, 0.717) is 0 Å². The second kappa shape index (κ2) is 6.35. The van der Waals surface area contributed by atoms with Crippen LogP contribution in [0.3, 0.4) is 0 Å². The minimum Gasteiger partial charge on any atom is -0.330 e. The highest BCUT2D eigenvalue weighted by atomic mass is 14.6. The van der Waals surface area contributed by atoms with Crippen LogP contribution in [0.4, 0.5) is 0 Å². The molecule has 0 saturated carbocycles. The van der Waals surface area contributed by atoms with Crippen LogP contribution in [0, 0.1) is 34.6 Å². The molecule has 0 spiro atoms. The van der Waals surface area contributed by atoms with Crippen LogP contribution in [0.5, 0.6) is 0 Å². The predicted molar refractivity (Wildman–Crippen MR) is 80.0 cm³/mol. The van der Waals surface area contributed by atoms with E-state index in [-0.39, 0.29) is 6.04 Å². The molecule has 0 heterocycles. The quantitative estimate of drug-likeness (QED) is 0.785. The van der Waals surface area contributed by atoms with Gasteiger partial charge in [-0.2, -0.15) is 0 Å². The Hall–Kier alpha value is -0.860. The van der Waals surface area contributed by atoms with Crippen LogP contribution in [-0.4, -0.2) is 6.54 Å². The van der Waals surface area contributed by atoms with Gasteiger partial charge in [0.1, 0.15) is 0 Å². The highest BCUT2D eigenvalue weighted by Gasteiger charge is 2.17. The molecule has 1 aromatic rings. The van der Waals surface area contributed by atoms with Crippen molar-refractivity contribution in [2.24, 2.45) is 11.5 Å². The van der Waals surface area contributed by atoms with E-state index in [1.807, 2.05) is 0 Å². The summed E-state index contributed by atoms with van der Waals surface area (Å²) in [5.74, 6) is 0. The maximum atomic E-state index is 6.38. The summed E-state index contributed by atoms with van der Waals surface area (Å²) in [4.78, 5) is 0. The van der Waals surface area contributed by atoms with Crippen LogP contribution in [-0.2, 0) is 0 Å². The molecule has 2 nitrogen and oxygen atoms in total. The van der Waals surface area contributed by atoms with Crippen LogP contribution < -0.4 is 11.5 Å². The van der Waals surface area contributed by atoms with Crippen LogP contribution in [0.1, 0.15) is 58.7 Å². The monoisotopic (exact) mass is 248 g/mol. The Morgan fingerprint density at radius 1 is 0.778 bits per heavy atom. The lowest BCUT2D eigenvalue weighted by Gasteiger charge is -2.23. The summed E-state index contributed by atoms with van der Waals surface area (Å²) >= 11 is 0. The fraction of sp³-hybridized carbons (Fsp3) is 0.625. The van der Waals surface area contributed by atoms with Gasteiger partial charge in [-0.25, -0.2) is 0 Å². The average Bonchev–Trinajstić information content (AvgIpc) is 2.34. The number of hydrogen-bond donors (Lipinski definition) is 2. The van der Waals surface area contributed by atoms with Gasteiger partial charge in [-0.3, -0.25) is 0 Å². The first-order valence-corrected chi connectivity index (χ1v) is 6.94. The molecule has 0 fully saturated rings. The molecule has 0 bridgehead atoms. The molecule has 0 saturated heterocycles. The van der Waals surface area contributed by atoms with Crippen molar-refractivity contribution in [3.63, 3.8) is 0 Å². The van der Waals surface area contributed by atoms with Gasteiger partial charge in [0.05, 0.1) is 0 Å². The lowest BCUT2D eigenvalue weighted by molar-refractivity contribution is 0.585. The van der Waals surface area contributed by atoms with E-state index < -0.39 is 0 Å². The van der Waals surface area contributed by atoms with E-state index in [4.69, 9.17) is 11.5 Å². The Morgan fingerprint density at radius 3 is 1.67 bits per heavy atom. The van der Waals surface area contributed by atoms with Gasteiger partial charge in [-0.05, 0) is 87.4 Å². The molecule has 102 valence electrons. The maximum absolute atomic E-state index is 6.38. The van der Waals surface area contributed by atoms with Crippen molar-refractivity contribution in [1.29, 1.82) is 0 Å². The molecule has 0 unspecified atom stereocenters. The molecular formula is C16H28N2. The van der Waals surface area contributed by atoms with Crippen molar-refractivity contribution in [3.05, 3.63) is 33.4 Å². The van der Waals surface area contributed by atoms with Gasteiger partial charge in [-0.1, -0.05) is 6.42 Å². The van der Waals surface area contributed by atoms with Gasteiger partial charge in [0.25, 0.3) is 0 Å². The molecule has 0 aliphatic carbocycles. The average molecular weight is 248 g/mol. The van der Waals surface area contributed by atoms with E-state index in [9.17, 15) is 0 Å². The molecule has 0 aliphatic rings. The smallest absolute Gasteiger partial charge is 0.0300 e. The van der Waals surface area contributed by atoms with E-state index in [0.717, 1.165) is 25.8 Å². The zero-order valence-corrected chi connectivity index (χ0v) is 12.6.